The van der Waals surface area contributed by atoms with Crippen LogP contribution in [0.4, 0.5) is 0 Å². The average Bonchev–Trinajstić information content (AvgIpc) is 2.86. The number of aromatic nitrogens is 2. The molecule has 0 aliphatic heterocycles. The van der Waals surface area contributed by atoms with Gasteiger partial charge in [-0.25, -0.2) is 9.97 Å². The number of furan rings is 1. The van der Waals surface area contributed by atoms with E-state index in [0.29, 0.717) is 0 Å². The minimum Gasteiger partial charge on any atom is -0.464 e. The normalized spacial score (nSPS) is 11.2. The van der Waals surface area contributed by atoms with Crippen LogP contribution < -0.4 is 5.32 Å². The molecule has 4 heteroatoms. The summed E-state index contributed by atoms with van der Waals surface area (Å²) in [5.74, 6) is 0.727. The molecule has 0 aliphatic carbocycles. The standard InChI is InChI=1S/C16H17N3O/c1-10-13(8-17-3)11(2)19-16(18-10)14-9-20-15-7-5-4-6-12(14)15/h4-7,9,17H,8H2,1-3H3. The fraction of sp³-hybridized carbons (Fsp3) is 0.250. The topological polar surface area (TPSA) is 51.0 Å². The second-order valence-electron chi connectivity index (χ2n) is 4.87. The van der Waals surface area contributed by atoms with Gasteiger partial charge in [-0.15, -0.1) is 0 Å². The Morgan fingerprint density at radius 1 is 1.10 bits per heavy atom. The second kappa shape index (κ2) is 5.06. The Morgan fingerprint density at radius 2 is 1.80 bits per heavy atom. The zero-order valence-electron chi connectivity index (χ0n) is 11.9. The number of fused-ring (bicyclic) bond motifs is 1. The van der Waals surface area contributed by atoms with Crippen molar-refractivity contribution < 1.29 is 4.42 Å². The van der Waals surface area contributed by atoms with Crippen molar-refractivity contribution in [3.8, 4) is 11.4 Å². The lowest BCUT2D eigenvalue weighted by Crippen LogP contribution is -2.11. The Labute approximate surface area is 117 Å². The number of hydrogen-bond acceptors (Lipinski definition) is 4. The molecule has 0 amide bonds. The van der Waals surface area contributed by atoms with Gasteiger partial charge in [-0.3, -0.25) is 0 Å². The van der Waals surface area contributed by atoms with Crippen LogP contribution in [0.3, 0.4) is 0 Å². The number of para-hydroxylation sites is 1. The van der Waals surface area contributed by atoms with Gasteiger partial charge >= 0.3 is 0 Å². The fourth-order valence-corrected chi connectivity index (χ4v) is 2.44. The van der Waals surface area contributed by atoms with Gasteiger partial charge in [0.05, 0.1) is 5.56 Å². The second-order valence-corrected chi connectivity index (χ2v) is 4.87. The largest absolute Gasteiger partial charge is 0.464 e. The molecule has 0 aliphatic rings. The van der Waals surface area contributed by atoms with Crippen LogP contribution in [0.2, 0.25) is 0 Å². The summed E-state index contributed by atoms with van der Waals surface area (Å²) in [5.41, 5.74) is 4.98. The van der Waals surface area contributed by atoms with Gasteiger partial charge in [0.2, 0.25) is 0 Å². The van der Waals surface area contributed by atoms with Gasteiger partial charge in [0.15, 0.2) is 5.82 Å². The molecule has 0 saturated carbocycles. The molecule has 2 aromatic heterocycles. The first kappa shape index (κ1) is 12.8. The molecular formula is C16H17N3O. The SMILES string of the molecule is CNCc1c(C)nc(-c2coc3ccccc23)nc1C. The van der Waals surface area contributed by atoms with Crippen molar-refractivity contribution in [2.24, 2.45) is 0 Å². The summed E-state index contributed by atoms with van der Waals surface area (Å²) in [5, 5.41) is 4.20. The van der Waals surface area contributed by atoms with Crippen LogP contribution in [-0.4, -0.2) is 17.0 Å². The summed E-state index contributed by atoms with van der Waals surface area (Å²) in [4.78, 5) is 9.27. The van der Waals surface area contributed by atoms with Crippen molar-refractivity contribution in [2.75, 3.05) is 7.05 Å². The number of hydrogen-bond donors (Lipinski definition) is 1. The van der Waals surface area contributed by atoms with E-state index in [1.54, 1.807) is 6.26 Å². The first-order chi connectivity index (χ1) is 9.70. The number of aryl methyl sites for hydroxylation is 2. The van der Waals surface area contributed by atoms with Crippen LogP contribution in [0.25, 0.3) is 22.4 Å². The third kappa shape index (κ3) is 2.08. The van der Waals surface area contributed by atoms with Crippen molar-refractivity contribution in [3.05, 3.63) is 47.5 Å². The molecule has 20 heavy (non-hydrogen) atoms. The van der Waals surface area contributed by atoms with Gasteiger partial charge in [0.1, 0.15) is 11.8 Å². The van der Waals surface area contributed by atoms with Crippen LogP contribution >= 0.6 is 0 Å². The Hall–Kier alpha value is -2.20. The molecule has 4 nitrogen and oxygen atoms in total. The smallest absolute Gasteiger partial charge is 0.163 e. The van der Waals surface area contributed by atoms with Crippen molar-refractivity contribution in [3.63, 3.8) is 0 Å². The first-order valence-corrected chi connectivity index (χ1v) is 6.66. The average molecular weight is 267 g/mol. The first-order valence-electron chi connectivity index (χ1n) is 6.66. The molecule has 0 unspecified atom stereocenters. The number of rotatable bonds is 3. The molecule has 0 fully saturated rings. The van der Waals surface area contributed by atoms with Gasteiger partial charge in [-0.1, -0.05) is 18.2 Å². The molecule has 2 heterocycles. The number of benzene rings is 1. The minimum atomic E-state index is 0.727. The molecule has 102 valence electrons. The van der Waals surface area contributed by atoms with Crippen molar-refractivity contribution >= 4 is 11.0 Å². The summed E-state index contributed by atoms with van der Waals surface area (Å²) in [6.45, 7) is 4.82. The van der Waals surface area contributed by atoms with Crippen LogP contribution in [-0.2, 0) is 6.54 Å². The van der Waals surface area contributed by atoms with E-state index in [1.807, 2.05) is 45.2 Å². The maximum atomic E-state index is 5.57. The maximum Gasteiger partial charge on any atom is 0.163 e. The molecule has 0 atom stereocenters. The lowest BCUT2D eigenvalue weighted by Gasteiger charge is -2.09. The van der Waals surface area contributed by atoms with Crippen LogP contribution in [0, 0.1) is 13.8 Å². The molecule has 3 aromatic rings. The van der Waals surface area contributed by atoms with E-state index < -0.39 is 0 Å². The zero-order valence-corrected chi connectivity index (χ0v) is 11.9. The Bertz CT molecular complexity index is 738. The van der Waals surface area contributed by atoms with E-state index in [2.05, 4.69) is 15.3 Å². The predicted molar refractivity (Wildman–Crippen MR) is 79.5 cm³/mol. The Balaban J connectivity index is 2.15. The van der Waals surface area contributed by atoms with Crippen LogP contribution in [0.1, 0.15) is 17.0 Å². The Morgan fingerprint density at radius 3 is 2.50 bits per heavy atom. The number of nitrogens with zero attached hydrogens (tertiary/aromatic N) is 2. The van der Waals surface area contributed by atoms with Crippen molar-refractivity contribution in [1.29, 1.82) is 0 Å². The van der Waals surface area contributed by atoms with Gasteiger partial charge < -0.3 is 9.73 Å². The lowest BCUT2D eigenvalue weighted by atomic mass is 10.1. The highest BCUT2D eigenvalue weighted by Crippen LogP contribution is 2.29. The summed E-state index contributed by atoms with van der Waals surface area (Å²) in [6, 6.07) is 7.94. The summed E-state index contributed by atoms with van der Waals surface area (Å²) < 4.78 is 5.57. The number of nitrogens with one attached hydrogen (secondary N) is 1. The highest BCUT2D eigenvalue weighted by molar-refractivity contribution is 5.91. The van der Waals surface area contributed by atoms with E-state index in [-0.39, 0.29) is 0 Å². The third-order valence-corrected chi connectivity index (χ3v) is 3.50. The molecular weight excluding hydrogens is 250 g/mol. The molecule has 0 bridgehead atoms. The zero-order chi connectivity index (χ0) is 14.1. The summed E-state index contributed by atoms with van der Waals surface area (Å²) >= 11 is 0. The van der Waals surface area contributed by atoms with Crippen LogP contribution in [0.5, 0.6) is 0 Å². The summed E-state index contributed by atoms with van der Waals surface area (Å²) in [6.07, 6.45) is 1.73. The fourth-order valence-electron chi connectivity index (χ4n) is 2.44. The van der Waals surface area contributed by atoms with E-state index in [0.717, 1.165) is 45.9 Å². The van der Waals surface area contributed by atoms with E-state index in [1.165, 1.54) is 0 Å². The van der Waals surface area contributed by atoms with E-state index >= 15 is 0 Å². The van der Waals surface area contributed by atoms with Gasteiger partial charge in [0, 0.05) is 28.9 Å². The quantitative estimate of drug-likeness (QED) is 0.791. The summed E-state index contributed by atoms with van der Waals surface area (Å²) in [7, 11) is 1.93. The van der Waals surface area contributed by atoms with E-state index in [4.69, 9.17) is 4.42 Å². The van der Waals surface area contributed by atoms with Crippen molar-refractivity contribution in [2.45, 2.75) is 20.4 Å². The maximum absolute atomic E-state index is 5.57. The van der Waals surface area contributed by atoms with Gasteiger partial charge in [-0.2, -0.15) is 0 Å². The molecule has 3 rings (SSSR count). The highest BCUT2D eigenvalue weighted by Gasteiger charge is 2.13. The van der Waals surface area contributed by atoms with E-state index in [9.17, 15) is 0 Å². The molecule has 0 spiro atoms. The lowest BCUT2D eigenvalue weighted by molar-refractivity contribution is 0.616. The van der Waals surface area contributed by atoms with Gasteiger partial charge in [-0.05, 0) is 27.0 Å². The third-order valence-electron chi connectivity index (χ3n) is 3.50. The van der Waals surface area contributed by atoms with Gasteiger partial charge in [0.25, 0.3) is 0 Å². The Kier molecular flexibility index (Phi) is 3.24. The molecule has 0 radical (unpaired) electrons. The monoisotopic (exact) mass is 267 g/mol. The molecule has 1 N–H and O–H groups in total. The van der Waals surface area contributed by atoms with Crippen molar-refractivity contribution in [1.82, 2.24) is 15.3 Å². The molecule has 1 aromatic carbocycles. The molecule has 0 saturated heterocycles. The highest BCUT2D eigenvalue weighted by atomic mass is 16.3. The minimum absolute atomic E-state index is 0.727. The van der Waals surface area contributed by atoms with Crippen LogP contribution in [0.15, 0.2) is 34.9 Å². The predicted octanol–water partition coefficient (Wildman–Crippen LogP) is 3.23.